The van der Waals surface area contributed by atoms with Crippen LogP contribution >= 0.6 is 0 Å². The van der Waals surface area contributed by atoms with Gasteiger partial charge < -0.3 is 0 Å². The molecule has 0 radical (unpaired) electrons. The van der Waals surface area contributed by atoms with Crippen LogP contribution in [0.5, 0.6) is 0 Å². The molecule has 0 fully saturated rings. The van der Waals surface area contributed by atoms with E-state index in [0.29, 0.717) is 11.3 Å². The van der Waals surface area contributed by atoms with Gasteiger partial charge >= 0.3 is 6.18 Å². The third-order valence-corrected chi connectivity index (χ3v) is 2.42. The number of halogens is 3. The molecule has 2 aromatic rings. The average molecular weight is 237 g/mol. The normalized spacial score (nSPS) is 11.5. The number of aromatic nitrogens is 1. The van der Waals surface area contributed by atoms with Gasteiger partial charge in [-0.25, -0.2) is 0 Å². The van der Waals surface area contributed by atoms with Crippen LogP contribution in [0.25, 0.3) is 11.3 Å². The van der Waals surface area contributed by atoms with E-state index in [2.05, 4.69) is 4.98 Å². The van der Waals surface area contributed by atoms with E-state index in [0.717, 1.165) is 17.7 Å². The first-order valence-electron chi connectivity index (χ1n) is 5.07. The molecule has 1 aromatic carbocycles. The Morgan fingerprint density at radius 3 is 2.18 bits per heavy atom. The van der Waals surface area contributed by atoms with Gasteiger partial charge in [0.15, 0.2) is 0 Å². The molecule has 0 atom stereocenters. The minimum Gasteiger partial charge on any atom is -0.256 e. The van der Waals surface area contributed by atoms with Gasteiger partial charge in [-0.1, -0.05) is 12.1 Å². The van der Waals surface area contributed by atoms with Crippen molar-refractivity contribution in [1.82, 2.24) is 4.98 Å². The lowest BCUT2D eigenvalue weighted by Crippen LogP contribution is -2.04. The molecule has 0 aliphatic heterocycles. The topological polar surface area (TPSA) is 12.9 Å². The zero-order valence-corrected chi connectivity index (χ0v) is 9.12. The highest BCUT2D eigenvalue weighted by Crippen LogP contribution is 2.30. The van der Waals surface area contributed by atoms with Gasteiger partial charge in [-0.3, -0.25) is 4.98 Å². The lowest BCUT2D eigenvalue weighted by molar-refractivity contribution is -0.137. The van der Waals surface area contributed by atoms with Crippen LogP contribution in [0.4, 0.5) is 13.2 Å². The van der Waals surface area contributed by atoms with Crippen molar-refractivity contribution >= 4 is 0 Å². The second-order valence-electron chi connectivity index (χ2n) is 3.79. The third kappa shape index (κ3) is 2.64. The van der Waals surface area contributed by atoms with Gasteiger partial charge in [0.25, 0.3) is 0 Å². The molecule has 0 aliphatic carbocycles. The Morgan fingerprint density at radius 2 is 1.65 bits per heavy atom. The number of hydrogen-bond donors (Lipinski definition) is 0. The largest absolute Gasteiger partial charge is 0.416 e. The predicted molar refractivity (Wildman–Crippen MR) is 59.4 cm³/mol. The van der Waals surface area contributed by atoms with Crippen LogP contribution in [0.15, 0.2) is 42.6 Å². The summed E-state index contributed by atoms with van der Waals surface area (Å²) in [5, 5.41) is 0. The van der Waals surface area contributed by atoms with E-state index in [1.807, 2.05) is 19.1 Å². The minimum atomic E-state index is -4.29. The fourth-order valence-corrected chi connectivity index (χ4v) is 1.52. The molecule has 17 heavy (non-hydrogen) atoms. The molecule has 1 aromatic heterocycles. The van der Waals surface area contributed by atoms with Gasteiger partial charge in [0.1, 0.15) is 0 Å². The fourth-order valence-electron chi connectivity index (χ4n) is 1.52. The predicted octanol–water partition coefficient (Wildman–Crippen LogP) is 4.08. The van der Waals surface area contributed by atoms with Gasteiger partial charge in [-0.05, 0) is 36.8 Å². The first-order chi connectivity index (χ1) is 7.97. The smallest absolute Gasteiger partial charge is 0.256 e. The number of pyridine rings is 1. The van der Waals surface area contributed by atoms with Crippen LogP contribution in [-0.2, 0) is 6.18 Å². The SMILES string of the molecule is Cc1ccnc(-c2ccc(C(F)(F)F)cc2)c1. The van der Waals surface area contributed by atoms with E-state index < -0.39 is 11.7 Å². The zero-order chi connectivity index (χ0) is 12.5. The minimum absolute atomic E-state index is 0.645. The Morgan fingerprint density at radius 1 is 1.00 bits per heavy atom. The summed E-state index contributed by atoms with van der Waals surface area (Å²) in [5.74, 6) is 0. The van der Waals surface area contributed by atoms with Gasteiger partial charge in [0.05, 0.1) is 11.3 Å². The number of alkyl halides is 3. The highest BCUT2D eigenvalue weighted by atomic mass is 19.4. The number of benzene rings is 1. The van der Waals surface area contributed by atoms with Gasteiger partial charge in [-0.2, -0.15) is 13.2 Å². The maximum Gasteiger partial charge on any atom is 0.416 e. The molecule has 0 saturated heterocycles. The summed E-state index contributed by atoms with van der Waals surface area (Å²) in [5.41, 5.74) is 1.74. The summed E-state index contributed by atoms with van der Waals surface area (Å²) in [6.07, 6.45) is -2.65. The van der Waals surface area contributed by atoms with Crippen LogP contribution in [-0.4, -0.2) is 4.98 Å². The molecule has 4 heteroatoms. The Kier molecular flexibility index (Phi) is 2.88. The van der Waals surface area contributed by atoms with Crippen LogP contribution < -0.4 is 0 Å². The third-order valence-electron chi connectivity index (χ3n) is 2.42. The molecule has 1 nitrogen and oxygen atoms in total. The molecule has 0 amide bonds. The molecule has 0 spiro atoms. The summed E-state index contributed by atoms with van der Waals surface area (Å²) in [7, 11) is 0. The zero-order valence-electron chi connectivity index (χ0n) is 9.12. The highest BCUT2D eigenvalue weighted by molar-refractivity contribution is 5.60. The Balaban J connectivity index is 2.36. The van der Waals surface area contributed by atoms with E-state index in [1.54, 1.807) is 6.20 Å². The number of aryl methyl sites for hydroxylation is 1. The van der Waals surface area contributed by atoms with Crippen LogP contribution in [0.1, 0.15) is 11.1 Å². The highest BCUT2D eigenvalue weighted by Gasteiger charge is 2.29. The van der Waals surface area contributed by atoms with Crippen molar-refractivity contribution < 1.29 is 13.2 Å². The standard InChI is InChI=1S/C13H10F3N/c1-9-6-7-17-12(8-9)10-2-4-11(5-3-10)13(14,15)16/h2-8H,1H3. The Labute approximate surface area is 96.9 Å². The number of rotatable bonds is 1. The maximum absolute atomic E-state index is 12.4. The number of hydrogen-bond acceptors (Lipinski definition) is 1. The maximum atomic E-state index is 12.4. The summed E-state index contributed by atoms with van der Waals surface area (Å²) < 4.78 is 37.1. The first kappa shape index (κ1) is 11.6. The van der Waals surface area contributed by atoms with Gasteiger partial charge in [-0.15, -0.1) is 0 Å². The van der Waals surface area contributed by atoms with Crippen molar-refractivity contribution in [3.05, 3.63) is 53.7 Å². The van der Waals surface area contributed by atoms with Crippen molar-refractivity contribution in [1.29, 1.82) is 0 Å². The van der Waals surface area contributed by atoms with Crippen LogP contribution in [0.2, 0.25) is 0 Å². The number of nitrogens with zero attached hydrogens (tertiary/aromatic N) is 1. The monoisotopic (exact) mass is 237 g/mol. The van der Waals surface area contributed by atoms with Crippen molar-refractivity contribution in [2.75, 3.05) is 0 Å². The quantitative estimate of drug-likeness (QED) is 0.728. The summed E-state index contributed by atoms with van der Waals surface area (Å²) in [6.45, 7) is 1.91. The van der Waals surface area contributed by atoms with Crippen molar-refractivity contribution in [2.24, 2.45) is 0 Å². The van der Waals surface area contributed by atoms with Crippen molar-refractivity contribution in [2.45, 2.75) is 13.1 Å². The van der Waals surface area contributed by atoms with Gasteiger partial charge in [0.2, 0.25) is 0 Å². The molecule has 88 valence electrons. The van der Waals surface area contributed by atoms with E-state index in [1.165, 1.54) is 12.1 Å². The van der Waals surface area contributed by atoms with E-state index >= 15 is 0 Å². The van der Waals surface area contributed by atoms with Crippen molar-refractivity contribution in [3.63, 3.8) is 0 Å². The summed E-state index contributed by atoms with van der Waals surface area (Å²) >= 11 is 0. The average Bonchev–Trinajstić information content (AvgIpc) is 2.28. The molecule has 0 unspecified atom stereocenters. The van der Waals surface area contributed by atoms with E-state index in [-0.39, 0.29) is 0 Å². The summed E-state index contributed by atoms with van der Waals surface area (Å²) in [6, 6.07) is 8.68. The van der Waals surface area contributed by atoms with E-state index in [9.17, 15) is 13.2 Å². The fraction of sp³-hybridized carbons (Fsp3) is 0.154. The molecular weight excluding hydrogens is 227 g/mol. The van der Waals surface area contributed by atoms with Crippen LogP contribution in [0.3, 0.4) is 0 Å². The molecule has 0 saturated carbocycles. The van der Waals surface area contributed by atoms with E-state index in [4.69, 9.17) is 0 Å². The lowest BCUT2D eigenvalue weighted by atomic mass is 10.1. The second-order valence-corrected chi connectivity index (χ2v) is 3.79. The van der Waals surface area contributed by atoms with Gasteiger partial charge in [0, 0.05) is 11.8 Å². The molecule has 0 bridgehead atoms. The second kappa shape index (κ2) is 4.20. The molecular formula is C13H10F3N. The van der Waals surface area contributed by atoms with Crippen LogP contribution in [0, 0.1) is 6.92 Å². The molecule has 0 aliphatic rings. The lowest BCUT2D eigenvalue weighted by Gasteiger charge is -2.07. The molecule has 0 N–H and O–H groups in total. The molecule has 1 heterocycles. The Hall–Kier alpha value is -1.84. The molecule has 2 rings (SSSR count). The summed E-state index contributed by atoms with van der Waals surface area (Å²) in [4.78, 5) is 4.12. The first-order valence-corrected chi connectivity index (χ1v) is 5.07. The Bertz CT molecular complexity index is 515. The van der Waals surface area contributed by atoms with Crippen molar-refractivity contribution in [3.8, 4) is 11.3 Å².